The van der Waals surface area contributed by atoms with Gasteiger partial charge in [-0.3, -0.25) is 0 Å². The van der Waals surface area contributed by atoms with Crippen LogP contribution >= 0.6 is 0 Å². The van der Waals surface area contributed by atoms with Gasteiger partial charge < -0.3 is 4.74 Å². The topological polar surface area (TPSA) is 61.8 Å². The first-order valence-electron chi connectivity index (χ1n) is 9.04. The van der Waals surface area contributed by atoms with Crippen LogP contribution in [-0.4, -0.2) is 25.7 Å². The fourth-order valence-corrected chi connectivity index (χ4v) is 3.59. The summed E-state index contributed by atoms with van der Waals surface area (Å²) < 4.78 is 5.35. The molecule has 142 valence electrons. The van der Waals surface area contributed by atoms with Gasteiger partial charge in [-0.1, -0.05) is 38.1 Å². The fourth-order valence-electron chi connectivity index (χ4n) is 3.59. The maximum atomic E-state index is 12.4. The van der Waals surface area contributed by atoms with E-state index in [4.69, 9.17) is 14.5 Å². The molecule has 1 aliphatic rings. The van der Waals surface area contributed by atoms with Gasteiger partial charge in [-0.25, -0.2) is 19.4 Å². The van der Waals surface area contributed by atoms with Crippen molar-refractivity contribution in [2.75, 3.05) is 13.7 Å². The van der Waals surface area contributed by atoms with Crippen LogP contribution in [-0.2, 0) is 19.9 Å². The lowest BCUT2D eigenvalue weighted by Crippen LogP contribution is -2.28. The summed E-state index contributed by atoms with van der Waals surface area (Å²) in [6.07, 6.45) is 2.06. The number of carbonyl (C=O) groups excluding carboxylic acids is 2. The molecule has 0 fully saturated rings. The van der Waals surface area contributed by atoms with E-state index < -0.39 is 11.9 Å². The minimum absolute atomic E-state index is 0.0434. The zero-order valence-corrected chi connectivity index (χ0v) is 15.9. The second kappa shape index (κ2) is 7.92. The molecule has 1 unspecified atom stereocenters. The number of rotatable bonds is 4. The molecule has 0 amide bonds. The van der Waals surface area contributed by atoms with Gasteiger partial charge in [0.2, 0.25) is 0 Å². The van der Waals surface area contributed by atoms with Crippen LogP contribution in [0.3, 0.4) is 0 Å². The molecule has 0 spiro atoms. The van der Waals surface area contributed by atoms with E-state index in [1.54, 1.807) is 43.5 Å². The predicted molar refractivity (Wildman–Crippen MR) is 101 cm³/mol. The summed E-state index contributed by atoms with van der Waals surface area (Å²) in [4.78, 5) is 33.7. The van der Waals surface area contributed by atoms with Crippen molar-refractivity contribution in [2.24, 2.45) is 0 Å². The molecule has 5 heteroatoms. The fraction of sp³-hybridized carbons (Fsp3) is 0.364. The SMILES string of the molecule is COCC1CCC(C)(C)c2ccc(C(=O)OOC(=O)c3ccccc3)cc21. The van der Waals surface area contributed by atoms with Crippen molar-refractivity contribution in [3.8, 4) is 0 Å². The van der Waals surface area contributed by atoms with Gasteiger partial charge in [0.1, 0.15) is 0 Å². The van der Waals surface area contributed by atoms with Crippen LogP contribution in [0.2, 0.25) is 0 Å². The minimum Gasteiger partial charge on any atom is -0.384 e. The van der Waals surface area contributed by atoms with E-state index in [9.17, 15) is 9.59 Å². The van der Waals surface area contributed by atoms with Crippen molar-refractivity contribution in [3.63, 3.8) is 0 Å². The highest BCUT2D eigenvalue weighted by Crippen LogP contribution is 2.43. The summed E-state index contributed by atoms with van der Waals surface area (Å²) in [5.41, 5.74) is 3.03. The standard InChI is InChI=1S/C22H24O5/c1-22(2)12-11-17(14-25-3)18-13-16(9-10-19(18)22)21(24)27-26-20(23)15-7-5-4-6-8-15/h4-10,13,17H,11-12,14H2,1-3H3. The Hall–Kier alpha value is -2.66. The molecule has 0 aliphatic heterocycles. The molecule has 27 heavy (non-hydrogen) atoms. The molecule has 0 heterocycles. The van der Waals surface area contributed by atoms with Crippen molar-refractivity contribution in [3.05, 3.63) is 70.8 Å². The Kier molecular flexibility index (Phi) is 5.61. The molecule has 3 rings (SSSR count). The number of methoxy groups -OCH3 is 1. The van der Waals surface area contributed by atoms with E-state index in [0.717, 1.165) is 18.4 Å². The highest BCUT2D eigenvalue weighted by atomic mass is 17.2. The molecule has 2 aromatic rings. The Morgan fingerprint density at radius 2 is 1.67 bits per heavy atom. The number of fused-ring (bicyclic) bond motifs is 1. The Balaban J connectivity index is 1.76. The Morgan fingerprint density at radius 3 is 2.33 bits per heavy atom. The Bertz CT molecular complexity index is 826. The third kappa shape index (κ3) is 4.19. The summed E-state index contributed by atoms with van der Waals surface area (Å²) >= 11 is 0. The number of hydrogen-bond donors (Lipinski definition) is 0. The summed E-state index contributed by atoms with van der Waals surface area (Å²) in [6, 6.07) is 13.9. The molecule has 2 aromatic carbocycles. The second-order valence-corrected chi connectivity index (χ2v) is 7.48. The molecule has 1 aliphatic carbocycles. The lowest BCUT2D eigenvalue weighted by Gasteiger charge is -2.37. The first-order chi connectivity index (χ1) is 12.9. The number of benzene rings is 2. The summed E-state index contributed by atoms with van der Waals surface area (Å²) in [6.45, 7) is 5.01. The van der Waals surface area contributed by atoms with Gasteiger partial charge in [0.25, 0.3) is 0 Å². The van der Waals surface area contributed by atoms with Crippen LogP contribution < -0.4 is 0 Å². The van der Waals surface area contributed by atoms with Gasteiger partial charge in [0.05, 0.1) is 17.7 Å². The van der Waals surface area contributed by atoms with E-state index in [1.807, 2.05) is 12.1 Å². The van der Waals surface area contributed by atoms with Crippen molar-refractivity contribution in [1.29, 1.82) is 0 Å². The van der Waals surface area contributed by atoms with Crippen molar-refractivity contribution < 1.29 is 24.1 Å². The molecule has 0 aromatic heterocycles. The average molecular weight is 368 g/mol. The number of carbonyl (C=O) groups is 2. The maximum absolute atomic E-state index is 12.4. The van der Waals surface area contributed by atoms with Crippen molar-refractivity contribution in [1.82, 2.24) is 0 Å². The van der Waals surface area contributed by atoms with Gasteiger partial charge in [0, 0.05) is 13.0 Å². The van der Waals surface area contributed by atoms with E-state index in [1.165, 1.54) is 5.56 Å². The van der Waals surface area contributed by atoms with Crippen LogP contribution in [0.15, 0.2) is 48.5 Å². The summed E-state index contributed by atoms with van der Waals surface area (Å²) in [7, 11) is 1.68. The van der Waals surface area contributed by atoms with Gasteiger partial charge in [-0.05, 0) is 53.6 Å². The van der Waals surface area contributed by atoms with Crippen LogP contribution in [0, 0.1) is 0 Å². The predicted octanol–water partition coefficient (Wildman–Crippen LogP) is 4.42. The molecule has 0 saturated heterocycles. The largest absolute Gasteiger partial charge is 0.386 e. The molecular weight excluding hydrogens is 344 g/mol. The Morgan fingerprint density at radius 1 is 1.00 bits per heavy atom. The molecule has 5 nitrogen and oxygen atoms in total. The minimum atomic E-state index is -0.708. The summed E-state index contributed by atoms with van der Waals surface area (Å²) in [5, 5.41) is 0. The maximum Gasteiger partial charge on any atom is 0.386 e. The summed E-state index contributed by atoms with van der Waals surface area (Å²) in [5.74, 6) is -1.17. The molecule has 0 saturated carbocycles. The Labute approximate surface area is 159 Å². The third-order valence-corrected chi connectivity index (χ3v) is 5.14. The lowest BCUT2D eigenvalue weighted by atomic mass is 9.68. The monoisotopic (exact) mass is 368 g/mol. The molecular formula is C22H24O5. The smallest absolute Gasteiger partial charge is 0.384 e. The van der Waals surface area contributed by atoms with Gasteiger partial charge in [-0.15, -0.1) is 0 Å². The van der Waals surface area contributed by atoms with E-state index >= 15 is 0 Å². The van der Waals surface area contributed by atoms with Crippen molar-refractivity contribution >= 4 is 11.9 Å². The second-order valence-electron chi connectivity index (χ2n) is 7.48. The quantitative estimate of drug-likeness (QED) is 0.591. The van der Waals surface area contributed by atoms with Crippen molar-refractivity contribution in [2.45, 2.75) is 38.0 Å². The zero-order chi connectivity index (χ0) is 19.4. The molecule has 1 atom stereocenters. The van der Waals surface area contributed by atoms with E-state index in [2.05, 4.69) is 13.8 Å². The molecule has 0 N–H and O–H groups in total. The van der Waals surface area contributed by atoms with Gasteiger partial charge in [0.15, 0.2) is 0 Å². The molecule has 0 bridgehead atoms. The van der Waals surface area contributed by atoms with Crippen LogP contribution in [0.1, 0.15) is 64.4 Å². The van der Waals surface area contributed by atoms with Gasteiger partial charge >= 0.3 is 11.9 Å². The van der Waals surface area contributed by atoms with Gasteiger partial charge in [-0.2, -0.15) is 0 Å². The lowest BCUT2D eigenvalue weighted by molar-refractivity contribution is -0.187. The zero-order valence-electron chi connectivity index (χ0n) is 15.9. The van der Waals surface area contributed by atoms with E-state index in [-0.39, 0.29) is 11.3 Å². The normalized spacial score (nSPS) is 17.7. The van der Waals surface area contributed by atoms with Crippen LogP contribution in [0.5, 0.6) is 0 Å². The third-order valence-electron chi connectivity index (χ3n) is 5.14. The highest BCUT2D eigenvalue weighted by molar-refractivity contribution is 5.92. The van der Waals surface area contributed by atoms with Crippen LogP contribution in [0.25, 0.3) is 0 Å². The molecule has 0 radical (unpaired) electrons. The average Bonchev–Trinajstić information content (AvgIpc) is 2.68. The first kappa shape index (κ1) is 19.1. The number of ether oxygens (including phenoxy) is 1. The highest BCUT2D eigenvalue weighted by Gasteiger charge is 2.33. The van der Waals surface area contributed by atoms with Crippen LogP contribution in [0.4, 0.5) is 0 Å². The first-order valence-corrected chi connectivity index (χ1v) is 9.04. The van der Waals surface area contributed by atoms with E-state index in [0.29, 0.717) is 17.7 Å². The number of hydrogen-bond acceptors (Lipinski definition) is 5.